The summed E-state index contributed by atoms with van der Waals surface area (Å²) in [5.74, 6) is 1.76. The molecule has 0 radical (unpaired) electrons. The van der Waals surface area contributed by atoms with Crippen molar-refractivity contribution in [2.75, 3.05) is 13.2 Å². The molecule has 0 aliphatic rings. The summed E-state index contributed by atoms with van der Waals surface area (Å²) in [6, 6.07) is 17.8. The summed E-state index contributed by atoms with van der Waals surface area (Å²) in [5.41, 5.74) is 1.52. The van der Waals surface area contributed by atoms with Gasteiger partial charge in [0.25, 0.3) is 5.56 Å². The lowest BCUT2D eigenvalue weighted by Gasteiger charge is -2.13. The van der Waals surface area contributed by atoms with E-state index < -0.39 is 0 Å². The molecule has 3 aromatic carbocycles. The van der Waals surface area contributed by atoms with Crippen LogP contribution >= 0.6 is 27.5 Å². The highest BCUT2D eigenvalue weighted by atomic mass is 79.9. The van der Waals surface area contributed by atoms with E-state index in [2.05, 4.69) is 27.6 Å². The molecule has 37 heavy (non-hydrogen) atoms. The fourth-order valence-corrected chi connectivity index (χ4v) is 4.60. The molecular formula is C28H21BrClN3O4. The average Bonchev–Trinajstić information content (AvgIpc) is 3.31. The van der Waals surface area contributed by atoms with Gasteiger partial charge in [-0.05, 0) is 76.9 Å². The zero-order valence-corrected chi connectivity index (χ0v) is 22.1. The van der Waals surface area contributed by atoms with Gasteiger partial charge < -0.3 is 13.9 Å². The Morgan fingerprint density at radius 1 is 1.16 bits per heavy atom. The van der Waals surface area contributed by atoms with Gasteiger partial charge in [-0.15, -0.1) is 0 Å². The third kappa shape index (κ3) is 5.03. The third-order valence-corrected chi connectivity index (χ3v) is 6.28. The van der Waals surface area contributed by atoms with Crippen molar-refractivity contribution in [2.24, 2.45) is 5.10 Å². The van der Waals surface area contributed by atoms with Crippen LogP contribution in [-0.2, 0) is 0 Å². The zero-order chi connectivity index (χ0) is 25.9. The highest BCUT2D eigenvalue weighted by molar-refractivity contribution is 9.10. The number of rotatable bonds is 8. The molecule has 5 aromatic rings. The smallest absolute Gasteiger partial charge is 0.282 e. The molecule has 0 bridgehead atoms. The highest BCUT2D eigenvalue weighted by Gasteiger charge is 2.17. The lowest BCUT2D eigenvalue weighted by Crippen LogP contribution is -2.20. The molecule has 0 N–H and O–H groups in total. The minimum atomic E-state index is -0.328. The summed E-state index contributed by atoms with van der Waals surface area (Å²) in [7, 11) is 0. The van der Waals surface area contributed by atoms with Gasteiger partial charge in [-0.25, -0.2) is 4.98 Å². The topological polar surface area (TPSA) is 78.9 Å². The Bertz CT molecular complexity index is 1720. The van der Waals surface area contributed by atoms with E-state index >= 15 is 0 Å². The Morgan fingerprint density at radius 2 is 2.00 bits per heavy atom. The van der Waals surface area contributed by atoms with Gasteiger partial charge in [0.1, 0.15) is 12.2 Å². The van der Waals surface area contributed by atoms with Gasteiger partial charge in [0.05, 0.1) is 28.2 Å². The molecule has 9 heteroatoms. The van der Waals surface area contributed by atoms with Crippen molar-refractivity contribution in [3.05, 3.63) is 98.7 Å². The lowest BCUT2D eigenvalue weighted by atomic mass is 10.2. The number of nitrogens with zero attached hydrogens (tertiary/aromatic N) is 3. The van der Waals surface area contributed by atoms with E-state index in [0.717, 1.165) is 5.39 Å². The number of para-hydroxylation sites is 1. The molecule has 0 amide bonds. The van der Waals surface area contributed by atoms with E-state index in [4.69, 9.17) is 30.5 Å². The second-order valence-electron chi connectivity index (χ2n) is 7.97. The van der Waals surface area contributed by atoms with Crippen LogP contribution in [0.5, 0.6) is 11.5 Å². The Kier molecular flexibility index (Phi) is 7.12. The first-order chi connectivity index (χ1) is 18.0. The van der Waals surface area contributed by atoms with Crippen LogP contribution in [0.4, 0.5) is 0 Å². The Morgan fingerprint density at radius 3 is 2.81 bits per heavy atom. The Hall–Kier alpha value is -3.88. The SMILES string of the molecule is C=CCOc1c(Br)cc(C=Nn2c(-c3cc4cc(Cl)ccc4o3)nc3ccccc3c2=O)cc1OCC. The van der Waals surface area contributed by atoms with E-state index in [1.165, 1.54) is 4.68 Å². The number of halogens is 2. The van der Waals surface area contributed by atoms with Gasteiger partial charge in [-0.3, -0.25) is 4.79 Å². The van der Waals surface area contributed by atoms with Crippen molar-refractivity contribution in [3.8, 4) is 23.1 Å². The fourth-order valence-electron chi connectivity index (χ4n) is 3.85. The number of fused-ring (bicyclic) bond motifs is 2. The summed E-state index contributed by atoms with van der Waals surface area (Å²) >= 11 is 9.69. The minimum absolute atomic E-state index is 0.266. The van der Waals surface area contributed by atoms with Crippen molar-refractivity contribution in [2.45, 2.75) is 6.92 Å². The molecule has 0 saturated carbocycles. The molecular weight excluding hydrogens is 558 g/mol. The van der Waals surface area contributed by atoms with Crippen LogP contribution in [0.3, 0.4) is 0 Å². The summed E-state index contributed by atoms with van der Waals surface area (Å²) < 4.78 is 19.5. The quantitative estimate of drug-likeness (QED) is 0.145. The Balaban J connectivity index is 1.65. The first-order valence-corrected chi connectivity index (χ1v) is 12.6. The molecule has 0 aliphatic heterocycles. The molecule has 5 rings (SSSR count). The predicted molar refractivity (Wildman–Crippen MR) is 150 cm³/mol. The lowest BCUT2D eigenvalue weighted by molar-refractivity contribution is 0.295. The van der Waals surface area contributed by atoms with Crippen molar-refractivity contribution in [1.29, 1.82) is 0 Å². The molecule has 0 fully saturated rings. The molecule has 7 nitrogen and oxygen atoms in total. The van der Waals surface area contributed by atoms with Crippen molar-refractivity contribution in [1.82, 2.24) is 9.66 Å². The molecule has 186 valence electrons. The van der Waals surface area contributed by atoms with Gasteiger partial charge in [0.15, 0.2) is 17.3 Å². The number of aromatic nitrogens is 2. The van der Waals surface area contributed by atoms with Crippen molar-refractivity contribution >= 4 is 55.6 Å². The van der Waals surface area contributed by atoms with E-state index in [0.29, 0.717) is 62.0 Å². The maximum atomic E-state index is 13.5. The van der Waals surface area contributed by atoms with Crippen LogP contribution in [0.1, 0.15) is 12.5 Å². The fraction of sp³-hybridized carbons (Fsp3) is 0.107. The number of furan rings is 1. The van der Waals surface area contributed by atoms with Crippen LogP contribution in [0, 0.1) is 0 Å². The highest BCUT2D eigenvalue weighted by Crippen LogP contribution is 2.37. The summed E-state index contributed by atoms with van der Waals surface area (Å²) in [6.45, 7) is 6.36. The number of ether oxygens (including phenoxy) is 2. The largest absolute Gasteiger partial charge is 0.490 e. The van der Waals surface area contributed by atoms with Gasteiger partial charge >= 0.3 is 0 Å². The standard InChI is InChI=1S/C28H21BrClN3O4/c1-3-11-36-26-21(29)12-17(13-24(26)35-4-2)16-31-33-27(32-22-8-6-5-7-20(22)28(33)34)25-15-18-14-19(30)9-10-23(18)37-25/h3,5-10,12-16H,1,4,11H2,2H3. The number of hydrogen-bond donors (Lipinski definition) is 0. The molecule has 2 aromatic heterocycles. The van der Waals surface area contributed by atoms with Crippen molar-refractivity contribution < 1.29 is 13.9 Å². The second kappa shape index (κ2) is 10.6. The van der Waals surface area contributed by atoms with Crippen LogP contribution in [-0.4, -0.2) is 29.1 Å². The first-order valence-electron chi connectivity index (χ1n) is 11.4. The molecule has 0 atom stereocenters. The van der Waals surface area contributed by atoms with Gasteiger partial charge in [-0.2, -0.15) is 9.78 Å². The first kappa shape index (κ1) is 24.8. The second-order valence-corrected chi connectivity index (χ2v) is 9.26. The van der Waals surface area contributed by atoms with Crippen molar-refractivity contribution in [3.63, 3.8) is 0 Å². The number of hydrogen-bond acceptors (Lipinski definition) is 6. The normalized spacial score (nSPS) is 11.4. The third-order valence-electron chi connectivity index (χ3n) is 5.45. The van der Waals surface area contributed by atoms with Gasteiger partial charge in [0.2, 0.25) is 5.82 Å². The summed E-state index contributed by atoms with van der Waals surface area (Å²) in [5, 5.41) is 6.33. The Labute approximate surface area is 225 Å². The van der Waals surface area contributed by atoms with E-state index in [9.17, 15) is 4.79 Å². The maximum Gasteiger partial charge on any atom is 0.282 e. The number of benzene rings is 3. The molecule has 2 heterocycles. The average molecular weight is 579 g/mol. The van der Waals surface area contributed by atoms with Gasteiger partial charge in [-0.1, -0.05) is 36.4 Å². The predicted octanol–water partition coefficient (Wildman–Crippen LogP) is 7.07. The molecule has 0 saturated heterocycles. The summed E-state index contributed by atoms with van der Waals surface area (Å²) in [6.07, 6.45) is 3.22. The summed E-state index contributed by atoms with van der Waals surface area (Å²) in [4.78, 5) is 18.2. The molecule has 0 unspecified atom stereocenters. The van der Waals surface area contributed by atoms with E-state index in [1.807, 2.05) is 19.1 Å². The molecule has 0 spiro atoms. The monoisotopic (exact) mass is 577 g/mol. The van der Waals surface area contributed by atoms with E-state index in [-0.39, 0.29) is 11.4 Å². The maximum absolute atomic E-state index is 13.5. The van der Waals surface area contributed by atoms with Crippen LogP contribution in [0.2, 0.25) is 5.02 Å². The van der Waals surface area contributed by atoms with E-state index in [1.54, 1.807) is 60.8 Å². The molecule has 0 aliphatic carbocycles. The van der Waals surface area contributed by atoms with Gasteiger partial charge in [0, 0.05) is 10.4 Å². The van der Waals surface area contributed by atoms with Crippen LogP contribution < -0.4 is 15.0 Å². The van der Waals surface area contributed by atoms with Crippen LogP contribution in [0.15, 0.2) is 92.1 Å². The van der Waals surface area contributed by atoms with Crippen LogP contribution in [0.25, 0.3) is 33.5 Å². The zero-order valence-electron chi connectivity index (χ0n) is 19.8. The minimum Gasteiger partial charge on any atom is -0.490 e.